The molecule has 0 aliphatic carbocycles. The van der Waals surface area contributed by atoms with E-state index in [1.807, 2.05) is 0 Å². The highest BCUT2D eigenvalue weighted by Crippen LogP contribution is 2.07. The standard InChI is InChI=1S/C19H42N2O6Si2/c1-24-28(25-2)16-10-14-20-18(22)12-8-6-5-7-9-13-19(23)21-15-11-17-29(26-3)27-4/h28-29H,5-17H2,1-4H3,(H,20,22)(H,21,23). The maximum Gasteiger partial charge on any atom is 0.320 e. The number of hydrogen-bond donors (Lipinski definition) is 2. The Morgan fingerprint density at radius 1 is 0.586 bits per heavy atom. The molecule has 0 spiro atoms. The molecule has 0 aliphatic rings. The zero-order valence-corrected chi connectivity index (χ0v) is 21.1. The average molecular weight is 451 g/mol. The van der Waals surface area contributed by atoms with Crippen molar-refractivity contribution in [3.8, 4) is 0 Å². The lowest BCUT2D eigenvalue weighted by molar-refractivity contribution is -0.121. The van der Waals surface area contributed by atoms with E-state index in [1.54, 1.807) is 28.4 Å². The van der Waals surface area contributed by atoms with Gasteiger partial charge < -0.3 is 28.3 Å². The second-order valence-corrected chi connectivity index (χ2v) is 11.8. The second kappa shape index (κ2) is 20.5. The van der Waals surface area contributed by atoms with Crippen LogP contribution in [0.1, 0.15) is 57.8 Å². The van der Waals surface area contributed by atoms with Crippen LogP contribution in [-0.4, -0.2) is 71.9 Å². The summed E-state index contributed by atoms with van der Waals surface area (Å²) in [6, 6.07) is 1.81. The minimum Gasteiger partial charge on any atom is -0.400 e. The Bertz CT molecular complexity index is 374. The first-order valence-electron chi connectivity index (χ1n) is 10.7. The summed E-state index contributed by atoms with van der Waals surface area (Å²) in [6.45, 7) is 1.37. The van der Waals surface area contributed by atoms with Crippen molar-refractivity contribution in [2.24, 2.45) is 0 Å². The molecule has 29 heavy (non-hydrogen) atoms. The van der Waals surface area contributed by atoms with Gasteiger partial charge in [0.1, 0.15) is 0 Å². The third-order valence-corrected chi connectivity index (χ3v) is 8.60. The minimum atomic E-state index is -1.51. The Morgan fingerprint density at radius 3 is 1.28 bits per heavy atom. The van der Waals surface area contributed by atoms with E-state index in [0.717, 1.165) is 57.0 Å². The zero-order chi connectivity index (χ0) is 21.7. The third kappa shape index (κ3) is 17.8. The van der Waals surface area contributed by atoms with E-state index in [4.69, 9.17) is 17.7 Å². The van der Waals surface area contributed by atoms with Crippen molar-refractivity contribution in [1.82, 2.24) is 10.6 Å². The molecule has 172 valence electrons. The summed E-state index contributed by atoms with van der Waals surface area (Å²) in [6.07, 6.45) is 7.85. The molecule has 10 heteroatoms. The molecule has 0 saturated carbocycles. The normalized spacial score (nSPS) is 11.2. The summed E-state index contributed by atoms with van der Waals surface area (Å²) in [7, 11) is 3.69. The molecule has 0 aromatic heterocycles. The van der Waals surface area contributed by atoms with Crippen molar-refractivity contribution >= 4 is 30.4 Å². The van der Waals surface area contributed by atoms with Crippen LogP contribution in [0.5, 0.6) is 0 Å². The molecule has 0 bridgehead atoms. The van der Waals surface area contributed by atoms with E-state index in [-0.39, 0.29) is 11.8 Å². The minimum absolute atomic E-state index is 0.115. The summed E-state index contributed by atoms with van der Waals surface area (Å²) in [5, 5.41) is 5.90. The van der Waals surface area contributed by atoms with Gasteiger partial charge in [-0.3, -0.25) is 9.59 Å². The van der Waals surface area contributed by atoms with Gasteiger partial charge in [0.05, 0.1) is 0 Å². The molecule has 2 amide bonds. The van der Waals surface area contributed by atoms with E-state index in [0.29, 0.717) is 25.9 Å². The first-order chi connectivity index (χ1) is 14.1. The average Bonchev–Trinajstić information content (AvgIpc) is 2.73. The van der Waals surface area contributed by atoms with Gasteiger partial charge in [0.15, 0.2) is 0 Å². The summed E-state index contributed by atoms with van der Waals surface area (Å²) in [5.74, 6) is 0.231. The fourth-order valence-corrected chi connectivity index (χ4v) is 5.34. The Morgan fingerprint density at radius 2 is 0.931 bits per heavy atom. The lowest BCUT2D eigenvalue weighted by atomic mass is 10.1. The lowest BCUT2D eigenvalue weighted by Gasteiger charge is -2.11. The van der Waals surface area contributed by atoms with Crippen LogP contribution in [0, 0.1) is 0 Å². The molecule has 0 rings (SSSR count). The van der Waals surface area contributed by atoms with Crippen molar-refractivity contribution < 1.29 is 27.3 Å². The maximum atomic E-state index is 11.8. The van der Waals surface area contributed by atoms with Gasteiger partial charge in [-0.15, -0.1) is 0 Å². The van der Waals surface area contributed by atoms with Crippen LogP contribution in [0.15, 0.2) is 0 Å². The van der Waals surface area contributed by atoms with E-state index in [2.05, 4.69) is 10.6 Å². The summed E-state index contributed by atoms with van der Waals surface area (Å²) in [5.41, 5.74) is 0. The third-order valence-electron chi connectivity index (χ3n) is 4.74. The van der Waals surface area contributed by atoms with Crippen LogP contribution in [0.2, 0.25) is 12.1 Å². The smallest absolute Gasteiger partial charge is 0.320 e. The number of carbonyl (C=O) groups is 2. The Kier molecular flexibility index (Phi) is 19.9. The second-order valence-electron chi connectivity index (χ2n) is 7.05. The first-order valence-corrected chi connectivity index (χ1v) is 14.2. The van der Waals surface area contributed by atoms with Crippen molar-refractivity contribution in [3.63, 3.8) is 0 Å². The molecule has 0 aliphatic heterocycles. The van der Waals surface area contributed by atoms with Crippen LogP contribution in [0.25, 0.3) is 0 Å². The Hall–Kier alpha value is -0.786. The molecule has 0 saturated heterocycles. The van der Waals surface area contributed by atoms with Gasteiger partial charge in [-0.05, 0) is 37.8 Å². The maximum absolute atomic E-state index is 11.8. The zero-order valence-electron chi connectivity index (χ0n) is 18.8. The lowest BCUT2D eigenvalue weighted by Crippen LogP contribution is -2.26. The highest BCUT2D eigenvalue weighted by atomic mass is 28.3. The predicted molar refractivity (Wildman–Crippen MR) is 120 cm³/mol. The topological polar surface area (TPSA) is 95.1 Å². The van der Waals surface area contributed by atoms with Gasteiger partial charge in [0, 0.05) is 54.4 Å². The molecule has 0 aromatic rings. The quantitative estimate of drug-likeness (QED) is 0.217. The van der Waals surface area contributed by atoms with Gasteiger partial charge in [0.25, 0.3) is 0 Å². The Balaban J connectivity index is 3.43. The molecule has 0 fully saturated rings. The van der Waals surface area contributed by atoms with Crippen LogP contribution in [-0.2, 0) is 27.3 Å². The fraction of sp³-hybridized carbons (Fsp3) is 0.895. The van der Waals surface area contributed by atoms with Crippen LogP contribution in [0.3, 0.4) is 0 Å². The van der Waals surface area contributed by atoms with Crippen molar-refractivity contribution in [1.29, 1.82) is 0 Å². The summed E-state index contributed by atoms with van der Waals surface area (Å²) >= 11 is 0. The number of unbranched alkanes of at least 4 members (excludes halogenated alkanes) is 4. The molecular formula is C19H42N2O6Si2. The van der Waals surface area contributed by atoms with Crippen molar-refractivity contribution in [2.75, 3.05) is 41.5 Å². The van der Waals surface area contributed by atoms with Gasteiger partial charge in [0.2, 0.25) is 11.8 Å². The van der Waals surface area contributed by atoms with E-state index in [9.17, 15) is 9.59 Å². The molecule has 0 heterocycles. The molecule has 0 aromatic carbocycles. The summed E-state index contributed by atoms with van der Waals surface area (Å²) < 4.78 is 21.0. The van der Waals surface area contributed by atoms with Gasteiger partial charge in [-0.2, -0.15) is 0 Å². The highest BCUT2D eigenvalue weighted by molar-refractivity contribution is 6.44. The number of carbonyl (C=O) groups excluding carboxylic acids is 2. The molecule has 0 radical (unpaired) electrons. The van der Waals surface area contributed by atoms with Crippen LogP contribution < -0.4 is 10.6 Å². The monoisotopic (exact) mass is 450 g/mol. The number of nitrogens with one attached hydrogen (secondary N) is 2. The SMILES string of the molecule is CO[SiH](CCCNC(=O)CCCCCCCC(=O)NCCC[SiH](OC)OC)OC. The fourth-order valence-electron chi connectivity index (χ4n) is 2.94. The van der Waals surface area contributed by atoms with Gasteiger partial charge in [-0.25, -0.2) is 0 Å². The largest absolute Gasteiger partial charge is 0.400 e. The Labute approximate surface area is 180 Å². The number of rotatable bonds is 20. The van der Waals surface area contributed by atoms with E-state index < -0.39 is 18.6 Å². The molecular weight excluding hydrogens is 408 g/mol. The molecule has 0 unspecified atom stereocenters. The van der Waals surface area contributed by atoms with Crippen molar-refractivity contribution in [2.45, 2.75) is 69.9 Å². The molecule has 2 N–H and O–H groups in total. The van der Waals surface area contributed by atoms with Gasteiger partial charge in [-0.1, -0.05) is 19.3 Å². The molecule has 8 nitrogen and oxygen atoms in total. The van der Waals surface area contributed by atoms with Crippen LogP contribution in [0.4, 0.5) is 0 Å². The van der Waals surface area contributed by atoms with Crippen molar-refractivity contribution in [3.05, 3.63) is 0 Å². The number of hydrogen-bond acceptors (Lipinski definition) is 6. The van der Waals surface area contributed by atoms with Crippen LogP contribution >= 0.6 is 0 Å². The van der Waals surface area contributed by atoms with E-state index >= 15 is 0 Å². The highest BCUT2D eigenvalue weighted by Gasteiger charge is 2.10. The number of amides is 2. The molecule has 0 atom stereocenters. The first kappa shape index (κ1) is 28.2. The van der Waals surface area contributed by atoms with E-state index in [1.165, 1.54) is 0 Å². The van der Waals surface area contributed by atoms with Gasteiger partial charge >= 0.3 is 18.6 Å². The summed E-state index contributed by atoms with van der Waals surface area (Å²) in [4.78, 5) is 23.6. The predicted octanol–water partition coefficient (Wildman–Crippen LogP) is 1.76.